The maximum atomic E-state index is 12.0. The van der Waals surface area contributed by atoms with Gasteiger partial charge in [0, 0.05) is 11.6 Å². The number of carbonyl (C=O) groups is 2. The minimum atomic E-state index is -1.06. The number of hydrogen-bond acceptors (Lipinski definition) is 5. The first-order valence-corrected chi connectivity index (χ1v) is 8.03. The fourth-order valence-corrected chi connectivity index (χ4v) is 4.48. The highest BCUT2D eigenvalue weighted by molar-refractivity contribution is 8.03. The second kappa shape index (κ2) is 4.16. The lowest BCUT2D eigenvalue weighted by Crippen LogP contribution is -2.51. The number of hydrogen-bond donors (Lipinski definition) is 1. The minimum Gasteiger partial charge on any atom is -0.477 e. The summed E-state index contributed by atoms with van der Waals surface area (Å²) in [5, 5.41) is 10.3. The van der Waals surface area contributed by atoms with Crippen LogP contribution >= 0.6 is 23.5 Å². The Hall–Kier alpha value is -1.67. The summed E-state index contributed by atoms with van der Waals surface area (Å²) >= 11 is 3.15. The van der Waals surface area contributed by atoms with E-state index < -0.39 is 5.97 Å². The second-order valence-corrected chi connectivity index (χ2v) is 6.51. The Kier molecular flexibility index (Phi) is 2.52. The normalized spacial score (nSPS) is 25.5. The zero-order chi connectivity index (χ0) is 13.9. The average molecular weight is 307 g/mol. The van der Waals surface area contributed by atoms with Crippen molar-refractivity contribution in [3.63, 3.8) is 0 Å². The van der Waals surface area contributed by atoms with Gasteiger partial charge in [-0.25, -0.2) is 9.78 Å². The molecule has 0 saturated carbocycles. The molecule has 0 radical (unpaired) electrons. The average Bonchev–Trinajstić information content (AvgIpc) is 3.07. The molecule has 0 aliphatic carbocycles. The topological polar surface area (TPSA) is 75.4 Å². The second-order valence-electron chi connectivity index (χ2n) is 4.60. The van der Waals surface area contributed by atoms with Crippen molar-refractivity contribution in [2.24, 2.45) is 0 Å². The molecule has 0 bridgehead atoms. The number of imidazole rings is 1. The van der Waals surface area contributed by atoms with Gasteiger partial charge >= 0.3 is 5.97 Å². The van der Waals surface area contributed by atoms with Crippen LogP contribution < -0.4 is 0 Å². The Bertz CT molecular complexity index is 685. The summed E-state index contributed by atoms with van der Waals surface area (Å²) < 4.78 is 2.07. The van der Waals surface area contributed by atoms with Crippen LogP contribution in [0.3, 0.4) is 0 Å². The van der Waals surface area contributed by atoms with Gasteiger partial charge in [-0.1, -0.05) is 0 Å². The third-order valence-electron chi connectivity index (χ3n) is 3.40. The summed E-state index contributed by atoms with van der Waals surface area (Å²) in [5.74, 6) is 1.51. The lowest BCUT2D eigenvalue weighted by Gasteiger charge is -2.36. The molecule has 20 heavy (non-hydrogen) atoms. The molecule has 1 fully saturated rings. The van der Waals surface area contributed by atoms with Gasteiger partial charge in [0.25, 0.3) is 5.91 Å². The van der Waals surface area contributed by atoms with Crippen molar-refractivity contribution >= 4 is 41.5 Å². The van der Waals surface area contributed by atoms with E-state index in [9.17, 15) is 9.59 Å². The van der Waals surface area contributed by atoms with Gasteiger partial charge in [0.2, 0.25) is 0 Å². The van der Waals surface area contributed by atoms with Gasteiger partial charge in [-0.2, -0.15) is 0 Å². The van der Waals surface area contributed by atoms with Crippen LogP contribution in [-0.4, -0.2) is 36.8 Å². The van der Waals surface area contributed by atoms with Crippen molar-refractivity contribution in [3.8, 4) is 0 Å². The zero-order valence-corrected chi connectivity index (χ0v) is 11.8. The Morgan fingerprint density at radius 2 is 2.40 bits per heavy atom. The maximum absolute atomic E-state index is 12.0. The van der Waals surface area contributed by atoms with Gasteiger partial charge in [0.15, 0.2) is 0 Å². The molecule has 1 atom stereocenters. The molecule has 3 aliphatic heterocycles. The van der Waals surface area contributed by atoms with E-state index in [-0.39, 0.29) is 17.0 Å². The van der Waals surface area contributed by atoms with Crippen LogP contribution in [0.1, 0.15) is 11.5 Å². The van der Waals surface area contributed by atoms with E-state index >= 15 is 0 Å². The van der Waals surface area contributed by atoms with Crippen molar-refractivity contribution in [3.05, 3.63) is 34.4 Å². The van der Waals surface area contributed by atoms with Crippen molar-refractivity contribution in [2.45, 2.75) is 17.0 Å². The third-order valence-corrected chi connectivity index (χ3v) is 5.40. The van der Waals surface area contributed by atoms with E-state index in [0.717, 1.165) is 23.1 Å². The fourth-order valence-electron chi connectivity index (χ4n) is 2.43. The Morgan fingerprint density at radius 1 is 1.55 bits per heavy atom. The van der Waals surface area contributed by atoms with Crippen LogP contribution in [0.2, 0.25) is 0 Å². The molecule has 4 heterocycles. The first-order valence-electron chi connectivity index (χ1n) is 5.93. The van der Waals surface area contributed by atoms with Crippen molar-refractivity contribution in [1.82, 2.24) is 14.5 Å². The highest BCUT2D eigenvalue weighted by atomic mass is 32.2. The number of nitrogens with zero attached hydrogens (tertiary/aromatic N) is 3. The molecule has 0 unspecified atom stereocenters. The summed E-state index contributed by atoms with van der Waals surface area (Å²) in [7, 11) is 0. The van der Waals surface area contributed by atoms with E-state index in [2.05, 4.69) is 9.55 Å². The quantitative estimate of drug-likeness (QED) is 0.656. The number of β-lactam (4-membered cyclic amide) rings is 1. The molecule has 1 N–H and O–H groups in total. The lowest BCUT2D eigenvalue weighted by molar-refractivity contribution is -0.141. The minimum absolute atomic E-state index is 0.0610. The molecular weight excluding hydrogens is 298 g/mol. The number of amides is 1. The number of carbonyl (C=O) groups excluding carboxylic acids is 1. The standard InChI is InChI=1S/C12H9N3O3S2/c16-10-7(11-15(10)8(3-20-11)12(17)18)1-6-2-14-5-19-4-9(14)13-6/h1-3,11H,4-5H2,(H,17,18)/t11-/m1/s1. The van der Waals surface area contributed by atoms with E-state index in [4.69, 9.17) is 5.11 Å². The highest BCUT2D eigenvalue weighted by Crippen LogP contribution is 2.45. The molecule has 8 heteroatoms. The van der Waals surface area contributed by atoms with Gasteiger partial charge in [0.1, 0.15) is 16.9 Å². The number of aliphatic carboxylic acids is 1. The number of fused-ring (bicyclic) bond motifs is 2. The highest BCUT2D eigenvalue weighted by Gasteiger charge is 2.49. The van der Waals surface area contributed by atoms with E-state index in [0.29, 0.717) is 5.57 Å². The smallest absolute Gasteiger partial charge is 0.353 e. The van der Waals surface area contributed by atoms with Gasteiger partial charge in [-0.3, -0.25) is 9.69 Å². The monoisotopic (exact) mass is 307 g/mol. The van der Waals surface area contributed by atoms with Crippen LogP contribution in [0.15, 0.2) is 22.9 Å². The summed E-state index contributed by atoms with van der Waals surface area (Å²) in [6, 6.07) is 0. The summed E-state index contributed by atoms with van der Waals surface area (Å²) in [5.41, 5.74) is 1.45. The molecule has 1 aromatic heterocycles. The molecule has 1 aromatic rings. The third kappa shape index (κ3) is 1.58. The van der Waals surface area contributed by atoms with Crippen LogP contribution in [0.25, 0.3) is 6.08 Å². The molecule has 1 saturated heterocycles. The van der Waals surface area contributed by atoms with Crippen molar-refractivity contribution < 1.29 is 14.7 Å². The molecule has 6 nitrogen and oxygen atoms in total. The first kappa shape index (κ1) is 12.1. The number of carboxylic acids is 1. The van der Waals surface area contributed by atoms with Crippen molar-refractivity contribution in [2.75, 3.05) is 0 Å². The van der Waals surface area contributed by atoms with Gasteiger partial charge < -0.3 is 9.67 Å². The summed E-state index contributed by atoms with van der Waals surface area (Å²) in [4.78, 5) is 28.8. The van der Waals surface area contributed by atoms with Crippen LogP contribution in [-0.2, 0) is 21.2 Å². The fraction of sp³-hybridized carbons (Fsp3) is 0.250. The van der Waals surface area contributed by atoms with Gasteiger partial charge in [0.05, 0.1) is 22.9 Å². The predicted octanol–water partition coefficient (Wildman–Crippen LogP) is 1.31. The summed E-state index contributed by atoms with van der Waals surface area (Å²) in [6.07, 6.45) is 3.70. The Morgan fingerprint density at radius 3 is 3.15 bits per heavy atom. The molecule has 102 valence electrons. The number of aromatic nitrogens is 2. The molecule has 0 aromatic carbocycles. The van der Waals surface area contributed by atoms with Crippen LogP contribution in [0, 0.1) is 0 Å². The lowest BCUT2D eigenvalue weighted by atomic mass is 10.0. The molecule has 1 amide bonds. The van der Waals surface area contributed by atoms with E-state index in [1.165, 1.54) is 22.1 Å². The van der Waals surface area contributed by atoms with Crippen molar-refractivity contribution in [1.29, 1.82) is 0 Å². The van der Waals surface area contributed by atoms with Crippen LogP contribution in [0.5, 0.6) is 0 Å². The largest absolute Gasteiger partial charge is 0.477 e. The van der Waals surface area contributed by atoms with Gasteiger partial charge in [-0.15, -0.1) is 23.5 Å². The van der Waals surface area contributed by atoms with Crippen LogP contribution in [0.4, 0.5) is 0 Å². The number of rotatable bonds is 2. The zero-order valence-electron chi connectivity index (χ0n) is 10.1. The maximum Gasteiger partial charge on any atom is 0.353 e. The number of thioether (sulfide) groups is 2. The Balaban J connectivity index is 1.61. The SMILES string of the molecule is O=C(O)C1=CS[C@@H]2C(=Cc3cn4c(n3)CSC4)C(=O)N12. The summed E-state index contributed by atoms with van der Waals surface area (Å²) in [6.45, 7) is 0. The molecule has 3 aliphatic rings. The first-order chi connectivity index (χ1) is 9.65. The number of carboxylic acid groups (broad SMARTS) is 1. The van der Waals surface area contributed by atoms with E-state index in [1.54, 1.807) is 17.8 Å². The van der Waals surface area contributed by atoms with Gasteiger partial charge in [-0.05, 0) is 6.08 Å². The van der Waals surface area contributed by atoms with E-state index in [1.807, 2.05) is 6.20 Å². The molecule has 0 spiro atoms. The molecule has 4 rings (SSSR count). The predicted molar refractivity (Wildman–Crippen MR) is 75.4 cm³/mol. The Labute approximate surface area is 122 Å². The molecular formula is C12H9N3O3S2.